The third kappa shape index (κ3) is 11.8. The zero-order valence-electron chi connectivity index (χ0n) is 22.3. The molecule has 41 heavy (non-hydrogen) atoms. The minimum absolute atomic E-state index is 0.00714. The van der Waals surface area contributed by atoms with Gasteiger partial charge in [0.25, 0.3) is 0 Å². The summed E-state index contributed by atoms with van der Waals surface area (Å²) < 4.78 is 0. The smallest absolute Gasteiger partial charge is 0.319 e. The predicted molar refractivity (Wildman–Crippen MR) is 149 cm³/mol. The molecular weight excluding hydrogens is 530 g/mol. The van der Waals surface area contributed by atoms with E-state index in [1.807, 2.05) is 43.3 Å². The molecule has 4 rings (SSSR count). The number of aromatic amines is 2. The van der Waals surface area contributed by atoms with Crippen molar-refractivity contribution in [3.63, 3.8) is 0 Å². The van der Waals surface area contributed by atoms with Crippen molar-refractivity contribution < 1.29 is 19.2 Å². The van der Waals surface area contributed by atoms with Crippen LogP contribution in [0.4, 0.5) is 21.0 Å². The first-order chi connectivity index (χ1) is 19.9. The summed E-state index contributed by atoms with van der Waals surface area (Å²) in [4.78, 5) is 50.5. The number of nitrogens with one attached hydrogen (secondary N) is 6. The van der Waals surface area contributed by atoms with Crippen LogP contribution in [-0.4, -0.2) is 72.5 Å². The van der Waals surface area contributed by atoms with Crippen LogP contribution in [0.3, 0.4) is 0 Å². The van der Waals surface area contributed by atoms with Crippen LogP contribution in [0.25, 0.3) is 0 Å². The number of rotatable bonds is 12. The van der Waals surface area contributed by atoms with Crippen molar-refractivity contribution in [3.05, 3.63) is 78.6 Å². The molecule has 0 aliphatic heterocycles. The lowest BCUT2D eigenvalue weighted by atomic mass is 10.0. The van der Waals surface area contributed by atoms with E-state index in [1.54, 1.807) is 24.3 Å². The first-order valence-electron chi connectivity index (χ1n) is 12.7. The molecule has 0 radical (unpaired) electrons. The topological polar surface area (TPSA) is 212 Å². The van der Waals surface area contributed by atoms with Crippen LogP contribution in [0.5, 0.6) is 0 Å². The number of anilines is 2. The number of Topliss-reactive ketones (excluding diaryl/α,β-unsaturated/α-hetero) is 2. The van der Waals surface area contributed by atoms with Gasteiger partial charge in [0, 0.05) is 36.6 Å². The van der Waals surface area contributed by atoms with E-state index in [0.717, 1.165) is 0 Å². The van der Waals surface area contributed by atoms with Gasteiger partial charge >= 0.3 is 12.1 Å². The second-order valence-corrected chi connectivity index (χ2v) is 8.73. The van der Waals surface area contributed by atoms with E-state index >= 15 is 0 Å². The highest BCUT2D eigenvalue weighted by molar-refractivity contribution is 5.93. The first-order valence-corrected chi connectivity index (χ1v) is 12.7. The van der Waals surface area contributed by atoms with Crippen molar-refractivity contribution in [1.29, 1.82) is 0 Å². The SMILES string of the molecule is CC(CC(=O)CNC(=O)Nc1ccccc1)c1nn[nH]n1.O=C(CCc1ncn[nH]1)CNC(=O)Nc1ccccc1. The number of benzene rings is 2. The Morgan fingerprint density at radius 1 is 0.829 bits per heavy atom. The van der Waals surface area contributed by atoms with Crippen LogP contribution in [0.1, 0.15) is 37.3 Å². The number of para-hydroxylation sites is 2. The van der Waals surface area contributed by atoms with Gasteiger partial charge in [-0.1, -0.05) is 48.5 Å². The quantitative estimate of drug-likeness (QED) is 0.149. The summed E-state index contributed by atoms with van der Waals surface area (Å²) in [6, 6.07) is 17.2. The molecule has 2 heterocycles. The van der Waals surface area contributed by atoms with Gasteiger partial charge in [0.2, 0.25) is 0 Å². The molecule has 1 atom stereocenters. The number of urea groups is 2. The van der Waals surface area contributed by atoms with E-state index in [-0.39, 0.29) is 37.0 Å². The number of carbonyl (C=O) groups excluding carboxylic acids is 4. The number of nitrogens with zero attached hydrogens (tertiary/aromatic N) is 5. The Hall–Kier alpha value is -5.47. The molecule has 0 aliphatic rings. The maximum atomic E-state index is 11.8. The molecule has 2 aromatic carbocycles. The Kier molecular flexibility index (Phi) is 12.1. The lowest BCUT2D eigenvalue weighted by Gasteiger charge is -2.08. The van der Waals surface area contributed by atoms with Crippen molar-refractivity contribution in [2.45, 2.75) is 32.1 Å². The molecule has 0 bridgehead atoms. The highest BCUT2D eigenvalue weighted by Gasteiger charge is 2.15. The summed E-state index contributed by atoms with van der Waals surface area (Å²) >= 11 is 0. The molecule has 15 nitrogen and oxygen atoms in total. The lowest BCUT2D eigenvalue weighted by molar-refractivity contribution is -0.119. The third-order valence-corrected chi connectivity index (χ3v) is 5.40. The molecule has 15 heteroatoms. The standard InChI is InChI=1S/C13H16N6O2.C13H15N5O2/c1-9(12-16-18-19-17-12)7-11(20)8-14-13(21)15-10-5-3-2-4-6-10;19-11(6-7-12-15-9-16-18-12)8-14-13(20)17-10-4-2-1-3-5-10/h2-6,9H,7-8H2,1H3,(H2,14,15,21)(H,16,17,18,19);1-5,9H,6-8H2,(H2,14,17,20)(H,15,16,18). The van der Waals surface area contributed by atoms with Gasteiger partial charge in [-0.25, -0.2) is 14.6 Å². The Balaban J connectivity index is 0.000000226. The third-order valence-electron chi connectivity index (χ3n) is 5.40. The van der Waals surface area contributed by atoms with Crippen molar-refractivity contribution in [2.75, 3.05) is 23.7 Å². The minimum Gasteiger partial charge on any atom is -0.331 e. The number of hydrogen-bond donors (Lipinski definition) is 6. The highest BCUT2D eigenvalue weighted by atomic mass is 16.2. The fraction of sp³-hybridized carbons (Fsp3) is 0.269. The Labute approximate surface area is 235 Å². The number of ketones is 2. The summed E-state index contributed by atoms with van der Waals surface area (Å²) in [5.41, 5.74) is 1.35. The van der Waals surface area contributed by atoms with Gasteiger partial charge < -0.3 is 21.3 Å². The number of carbonyl (C=O) groups is 4. The van der Waals surface area contributed by atoms with E-state index in [4.69, 9.17) is 0 Å². The molecule has 4 amide bonds. The average molecular weight is 562 g/mol. The first kappa shape index (κ1) is 30.1. The predicted octanol–water partition coefficient (Wildman–Crippen LogP) is 2.21. The van der Waals surface area contributed by atoms with Gasteiger partial charge in [-0.15, -0.1) is 10.2 Å². The number of aryl methyl sites for hydroxylation is 1. The van der Waals surface area contributed by atoms with E-state index in [9.17, 15) is 19.2 Å². The summed E-state index contributed by atoms with van der Waals surface area (Å²) in [5.74, 6) is 0.833. The van der Waals surface area contributed by atoms with E-state index in [1.165, 1.54) is 6.33 Å². The second kappa shape index (κ2) is 16.5. The fourth-order valence-electron chi connectivity index (χ4n) is 3.33. The molecule has 6 N–H and O–H groups in total. The Bertz CT molecular complexity index is 1350. The molecule has 214 valence electrons. The number of aromatic nitrogens is 7. The maximum Gasteiger partial charge on any atom is 0.319 e. The summed E-state index contributed by atoms with van der Waals surface area (Å²) in [6.07, 6.45) is 2.43. The number of amides is 4. The van der Waals surface area contributed by atoms with E-state index in [2.05, 4.69) is 57.1 Å². The number of H-pyrrole nitrogens is 2. The molecule has 0 fully saturated rings. The molecule has 0 saturated heterocycles. The summed E-state index contributed by atoms with van der Waals surface area (Å²) in [6.45, 7) is 1.78. The Morgan fingerprint density at radius 3 is 1.93 bits per heavy atom. The van der Waals surface area contributed by atoms with Gasteiger partial charge in [0.15, 0.2) is 17.4 Å². The highest BCUT2D eigenvalue weighted by Crippen LogP contribution is 2.13. The van der Waals surface area contributed by atoms with E-state index in [0.29, 0.717) is 35.9 Å². The monoisotopic (exact) mass is 561 g/mol. The molecule has 1 unspecified atom stereocenters. The zero-order valence-corrected chi connectivity index (χ0v) is 22.3. The molecule has 2 aromatic heterocycles. The van der Waals surface area contributed by atoms with Crippen LogP contribution in [0.2, 0.25) is 0 Å². The lowest BCUT2D eigenvalue weighted by Crippen LogP contribution is -2.33. The van der Waals surface area contributed by atoms with Gasteiger partial charge in [-0.3, -0.25) is 14.7 Å². The molecule has 4 aromatic rings. The van der Waals surface area contributed by atoms with Crippen LogP contribution in [-0.2, 0) is 16.0 Å². The molecule has 0 aliphatic carbocycles. The van der Waals surface area contributed by atoms with Crippen molar-refractivity contribution in [3.8, 4) is 0 Å². The summed E-state index contributed by atoms with van der Waals surface area (Å²) in [5, 5.41) is 30.1. The molecular formula is C26H31N11O4. The second-order valence-electron chi connectivity index (χ2n) is 8.73. The largest absolute Gasteiger partial charge is 0.331 e. The van der Waals surface area contributed by atoms with Crippen LogP contribution >= 0.6 is 0 Å². The van der Waals surface area contributed by atoms with Crippen LogP contribution in [0.15, 0.2) is 67.0 Å². The Morgan fingerprint density at radius 2 is 1.41 bits per heavy atom. The van der Waals surface area contributed by atoms with Gasteiger partial charge in [0.05, 0.1) is 13.1 Å². The molecule has 0 spiro atoms. The van der Waals surface area contributed by atoms with Gasteiger partial charge in [0.1, 0.15) is 12.2 Å². The fourth-order valence-corrected chi connectivity index (χ4v) is 3.33. The van der Waals surface area contributed by atoms with E-state index < -0.39 is 12.1 Å². The van der Waals surface area contributed by atoms with Gasteiger partial charge in [-0.2, -0.15) is 10.3 Å². The van der Waals surface area contributed by atoms with Crippen molar-refractivity contribution in [2.24, 2.45) is 0 Å². The van der Waals surface area contributed by atoms with Crippen molar-refractivity contribution >= 4 is 35.0 Å². The summed E-state index contributed by atoms with van der Waals surface area (Å²) in [7, 11) is 0. The average Bonchev–Trinajstić information content (AvgIpc) is 3.71. The normalized spacial score (nSPS) is 10.9. The number of hydrogen-bond acceptors (Lipinski definition) is 9. The van der Waals surface area contributed by atoms with Gasteiger partial charge in [-0.05, 0) is 24.3 Å². The van der Waals surface area contributed by atoms with Crippen molar-refractivity contribution in [1.82, 2.24) is 46.4 Å². The maximum absolute atomic E-state index is 11.8. The molecule has 0 saturated carbocycles. The minimum atomic E-state index is -0.415. The zero-order chi connectivity index (χ0) is 29.3. The number of tetrazole rings is 1. The van der Waals surface area contributed by atoms with Crippen LogP contribution < -0.4 is 21.3 Å². The van der Waals surface area contributed by atoms with Crippen LogP contribution in [0, 0.1) is 0 Å².